The molecule has 0 aliphatic heterocycles. The number of halogens is 1. The highest BCUT2D eigenvalue weighted by atomic mass is 35.5. The van der Waals surface area contributed by atoms with Crippen molar-refractivity contribution in [3.8, 4) is 0 Å². The quantitative estimate of drug-likeness (QED) is 0.362. The molecule has 2 amide bonds. The molecule has 0 aromatic rings. The topological polar surface area (TPSA) is 122 Å². The monoisotopic (exact) mass is 350 g/mol. The van der Waals surface area contributed by atoms with Gasteiger partial charge in [0.15, 0.2) is 0 Å². The molecule has 0 fully saturated rings. The highest BCUT2D eigenvalue weighted by Gasteiger charge is 2.04. The second-order valence-electron chi connectivity index (χ2n) is 3.77. The summed E-state index contributed by atoms with van der Waals surface area (Å²) in [4.78, 5) is 40.6. The van der Waals surface area contributed by atoms with Crippen LogP contribution < -0.4 is 10.6 Å². The molecule has 9 heteroatoms. The lowest BCUT2D eigenvalue weighted by Crippen LogP contribution is -2.22. The maximum absolute atomic E-state index is 10.7. The van der Waals surface area contributed by atoms with Crippen molar-refractivity contribution in [1.82, 2.24) is 10.6 Å². The SMILES string of the molecule is C=C(CO)C(=O)NC.C=C(COC(C)=O)C(=O)NC.CC(=O)Cl. The van der Waals surface area contributed by atoms with Crippen LogP contribution in [0.4, 0.5) is 0 Å². The van der Waals surface area contributed by atoms with Crippen molar-refractivity contribution in [2.75, 3.05) is 27.3 Å². The predicted molar refractivity (Wildman–Crippen MR) is 86.7 cm³/mol. The van der Waals surface area contributed by atoms with Gasteiger partial charge in [-0.2, -0.15) is 0 Å². The van der Waals surface area contributed by atoms with Gasteiger partial charge in [-0.1, -0.05) is 13.2 Å². The first-order chi connectivity index (χ1) is 10.5. The van der Waals surface area contributed by atoms with Crippen LogP contribution in [0.5, 0.6) is 0 Å². The molecule has 0 bridgehead atoms. The highest BCUT2D eigenvalue weighted by molar-refractivity contribution is 6.62. The summed E-state index contributed by atoms with van der Waals surface area (Å²) in [5, 5.41) is 12.6. The van der Waals surface area contributed by atoms with Gasteiger partial charge < -0.3 is 20.5 Å². The third-order valence-corrected chi connectivity index (χ3v) is 1.74. The Balaban J connectivity index is -0.000000292. The van der Waals surface area contributed by atoms with E-state index in [2.05, 4.69) is 40.1 Å². The summed E-state index contributed by atoms with van der Waals surface area (Å²) in [6, 6.07) is 0. The largest absolute Gasteiger partial charge is 0.461 e. The van der Waals surface area contributed by atoms with Gasteiger partial charge in [-0.25, -0.2) is 0 Å². The Morgan fingerprint density at radius 2 is 1.35 bits per heavy atom. The maximum Gasteiger partial charge on any atom is 0.302 e. The van der Waals surface area contributed by atoms with Crippen LogP contribution >= 0.6 is 11.6 Å². The fourth-order valence-electron chi connectivity index (χ4n) is 0.680. The number of likely N-dealkylation sites (N-methyl/N-ethyl adjacent to an activating group) is 2. The lowest BCUT2D eigenvalue weighted by atomic mass is 10.3. The number of amides is 2. The minimum Gasteiger partial charge on any atom is -0.461 e. The number of nitrogens with one attached hydrogen (secondary N) is 2. The summed E-state index contributed by atoms with van der Waals surface area (Å²) in [5.74, 6) is -1.05. The average Bonchev–Trinajstić information content (AvgIpc) is 2.49. The number of aliphatic hydroxyl groups excluding tert-OH is 1. The number of aliphatic hydroxyl groups is 1. The van der Waals surface area contributed by atoms with Crippen LogP contribution in [0.25, 0.3) is 0 Å². The van der Waals surface area contributed by atoms with Crippen LogP contribution in [-0.4, -0.2) is 55.4 Å². The molecule has 0 aromatic carbocycles. The Labute approximate surface area is 140 Å². The van der Waals surface area contributed by atoms with Gasteiger partial charge in [-0.15, -0.1) is 0 Å². The number of esters is 1. The minimum absolute atomic E-state index is 0.0466. The van der Waals surface area contributed by atoms with E-state index in [1.54, 1.807) is 0 Å². The number of ether oxygens (including phenoxy) is 1. The van der Waals surface area contributed by atoms with Crippen LogP contribution in [-0.2, 0) is 23.9 Å². The second kappa shape index (κ2) is 16.2. The molecule has 0 heterocycles. The molecule has 23 heavy (non-hydrogen) atoms. The Morgan fingerprint density at radius 1 is 1.00 bits per heavy atom. The number of rotatable bonds is 5. The molecule has 0 aliphatic rings. The van der Waals surface area contributed by atoms with Crippen LogP contribution in [0, 0.1) is 0 Å². The zero-order valence-electron chi connectivity index (χ0n) is 13.7. The molecule has 0 spiro atoms. The van der Waals surface area contributed by atoms with Crippen molar-refractivity contribution in [2.24, 2.45) is 0 Å². The van der Waals surface area contributed by atoms with Crippen molar-refractivity contribution in [2.45, 2.75) is 13.8 Å². The fraction of sp³-hybridized carbons (Fsp3) is 0.429. The number of carbonyl (C=O) groups is 4. The van der Waals surface area contributed by atoms with Gasteiger partial charge in [-0.05, 0) is 11.6 Å². The summed E-state index contributed by atoms with van der Waals surface area (Å²) in [7, 11) is 2.98. The Bertz CT molecular complexity index is 431. The van der Waals surface area contributed by atoms with E-state index < -0.39 is 5.97 Å². The Kier molecular flexibility index (Phi) is 18.1. The van der Waals surface area contributed by atoms with E-state index in [1.807, 2.05) is 0 Å². The van der Waals surface area contributed by atoms with Crippen molar-refractivity contribution in [3.05, 3.63) is 24.3 Å². The van der Waals surface area contributed by atoms with Crippen molar-refractivity contribution in [1.29, 1.82) is 0 Å². The normalized spacial score (nSPS) is 8.09. The fourth-order valence-corrected chi connectivity index (χ4v) is 0.680. The van der Waals surface area contributed by atoms with Gasteiger partial charge in [0, 0.05) is 39.1 Å². The third kappa shape index (κ3) is 22.2. The Hall–Kier alpha value is -2.19. The lowest BCUT2D eigenvalue weighted by Gasteiger charge is -2.02. The molecule has 8 nitrogen and oxygen atoms in total. The molecule has 0 aromatic heterocycles. The molecule has 0 radical (unpaired) electrons. The van der Waals surface area contributed by atoms with Crippen molar-refractivity contribution < 1.29 is 29.0 Å². The van der Waals surface area contributed by atoms with Gasteiger partial charge in [0.25, 0.3) is 0 Å². The van der Waals surface area contributed by atoms with Crippen LogP contribution in [0.3, 0.4) is 0 Å². The van der Waals surface area contributed by atoms with Gasteiger partial charge in [-0.3, -0.25) is 19.2 Å². The van der Waals surface area contributed by atoms with E-state index in [4.69, 9.17) is 5.11 Å². The Morgan fingerprint density at radius 3 is 1.57 bits per heavy atom. The van der Waals surface area contributed by atoms with Crippen LogP contribution in [0.1, 0.15) is 13.8 Å². The van der Waals surface area contributed by atoms with Crippen molar-refractivity contribution >= 4 is 34.6 Å². The number of hydrogen-bond acceptors (Lipinski definition) is 6. The standard InChI is InChI=1S/C7H11NO3.C5H9NO2.C2H3ClO/c1-5(7(10)8-3)4-11-6(2)9;1-4(3-7)5(8)6-2;1-2(3)4/h1,4H2,2-3H3,(H,8,10);7H,1,3H2,2H3,(H,6,8);1H3. The van der Waals surface area contributed by atoms with Gasteiger partial charge in [0.1, 0.15) is 6.61 Å². The highest BCUT2D eigenvalue weighted by Crippen LogP contribution is 1.90. The van der Waals surface area contributed by atoms with E-state index in [0.717, 1.165) is 0 Å². The molecule has 3 N–H and O–H groups in total. The first kappa shape index (κ1) is 25.7. The summed E-state index contributed by atoms with van der Waals surface area (Å²) >= 11 is 4.64. The van der Waals surface area contributed by atoms with Crippen LogP contribution in [0.15, 0.2) is 24.3 Å². The van der Waals surface area contributed by atoms with Gasteiger partial charge in [0.05, 0.1) is 6.61 Å². The minimum atomic E-state index is -0.421. The second-order valence-corrected chi connectivity index (χ2v) is 4.31. The molecule has 0 unspecified atom stereocenters. The van der Waals surface area contributed by atoms with E-state index >= 15 is 0 Å². The smallest absolute Gasteiger partial charge is 0.302 e. The summed E-state index contributed by atoms with van der Waals surface area (Å²) in [6.07, 6.45) is 0. The maximum atomic E-state index is 10.7. The molecular formula is C14H23ClN2O6. The van der Waals surface area contributed by atoms with Gasteiger partial charge >= 0.3 is 5.97 Å². The summed E-state index contributed by atoms with van der Waals surface area (Å²) < 4.78 is 4.53. The molecule has 0 aliphatic carbocycles. The van der Waals surface area contributed by atoms with Crippen molar-refractivity contribution in [3.63, 3.8) is 0 Å². The van der Waals surface area contributed by atoms with E-state index in [-0.39, 0.29) is 41.4 Å². The summed E-state index contributed by atoms with van der Waals surface area (Å²) in [5.41, 5.74) is 0.426. The third-order valence-electron chi connectivity index (χ3n) is 1.74. The molecule has 0 saturated heterocycles. The summed E-state index contributed by atoms with van der Waals surface area (Å²) in [6.45, 7) is 8.93. The van der Waals surface area contributed by atoms with Gasteiger partial charge in [0.2, 0.25) is 17.1 Å². The zero-order chi connectivity index (χ0) is 19.0. The van der Waals surface area contributed by atoms with E-state index in [1.165, 1.54) is 27.9 Å². The molecule has 0 saturated carbocycles. The average molecular weight is 351 g/mol. The molecule has 132 valence electrons. The number of carbonyl (C=O) groups excluding carboxylic acids is 4. The lowest BCUT2D eigenvalue weighted by molar-refractivity contribution is -0.140. The first-order valence-electron chi connectivity index (χ1n) is 6.23. The van der Waals surface area contributed by atoms with Crippen LogP contribution in [0.2, 0.25) is 0 Å². The number of hydrogen-bond donors (Lipinski definition) is 3. The molecular weight excluding hydrogens is 328 g/mol. The molecule has 0 atom stereocenters. The zero-order valence-corrected chi connectivity index (χ0v) is 14.5. The van der Waals surface area contributed by atoms with E-state index in [9.17, 15) is 19.2 Å². The molecule has 0 rings (SSSR count). The van der Waals surface area contributed by atoms with E-state index in [0.29, 0.717) is 0 Å². The first-order valence-corrected chi connectivity index (χ1v) is 6.61. The predicted octanol–water partition coefficient (Wildman–Crippen LogP) is -0.0957.